The van der Waals surface area contributed by atoms with E-state index in [4.69, 9.17) is 9.47 Å². The molecule has 2 bridgehead atoms. The summed E-state index contributed by atoms with van der Waals surface area (Å²) in [4.78, 5) is 13.3. The molecule has 2 aromatic carbocycles. The van der Waals surface area contributed by atoms with Crippen molar-refractivity contribution in [3.05, 3.63) is 48.3 Å². The predicted molar refractivity (Wildman–Crippen MR) is 158 cm³/mol. The second-order valence-electron chi connectivity index (χ2n) is 12.3. The summed E-state index contributed by atoms with van der Waals surface area (Å²) < 4.78 is 26.3. The van der Waals surface area contributed by atoms with Crippen molar-refractivity contribution in [1.29, 1.82) is 0 Å². The molecule has 3 saturated carbocycles. The molecule has 39 heavy (non-hydrogen) atoms. The van der Waals surface area contributed by atoms with E-state index in [-0.39, 0.29) is 17.2 Å². The molecule has 0 radical (unpaired) electrons. The minimum atomic E-state index is -0.343. The first kappa shape index (κ1) is 29.6. The molecular formula is C35H49FO3. The van der Waals surface area contributed by atoms with E-state index in [1.165, 1.54) is 63.9 Å². The lowest BCUT2D eigenvalue weighted by molar-refractivity contribution is -0.156. The molecule has 0 aliphatic heterocycles. The molecule has 0 spiro atoms. The zero-order valence-electron chi connectivity index (χ0n) is 24.4. The number of esters is 1. The van der Waals surface area contributed by atoms with Gasteiger partial charge in [-0.15, -0.1) is 0 Å². The van der Waals surface area contributed by atoms with Crippen molar-refractivity contribution in [3.63, 3.8) is 0 Å². The highest BCUT2D eigenvalue weighted by Gasteiger charge is 2.52. The van der Waals surface area contributed by atoms with Gasteiger partial charge >= 0.3 is 5.97 Å². The first-order valence-electron chi connectivity index (χ1n) is 15.7. The van der Waals surface area contributed by atoms with Crippen molar-refractivity contribution < 1.29 is 18.7 Å². The molecule has 0 unspecified atom stereocenters. The Morgan fingerprint density at radius 3 is 1.97 bits per heavy atom. The van der Waals surface area contributed by atoms with E-state index in [1.54, 1.807) is 6.07 Å². The Morgan fingerprint density at radius 2 is 1.33 bits per heavy atom. The van der Waals surface area contributed by atoms with Crippen molar-refractivity contribution in [2.24, 2.45) is 10.8 Å². The first-order chi connectivity index (χ1) is 19.0. The van der Waals surface area contributed by atoms with Gasteiger partial charge in [-0.1, -0.05) is 89.8 Å². The molecule has 0 aromatic heterocycles. The van der Waals surface area contributed by atoms with Crippen molar-refractivity contribution in [2.45, 2.75) is 123 Å². The maximum Gasteiger partial charge on any atom is 0.317 e. The molecule has 0 N–H and O–H groups in total. The van der Waals surface area contributed by atoms with E-state index in [1.807, 2.05) is 30.3 Å². The van der Waals surface area contributed by atoms with E-state index < -0.39 is 0 Å². The fourth-order valence-corrected chi connectivity index (χ4v) is 6.66. The molecule has 214 valence electrons. The summed E-state index contributed by atoms with van der Waals surface area (Å²) in [6.45, 7) is 5.02. The Morgan fingerprint density at radius 1 is 0.744 bits per heavy atom. The SMILES string of the molecule is CCCCCCCCOc1ccc(-c2ccc(OC(=O)C34CCC(CCCCCC)(CC3)CC4)cc2)cc1F. The van der Waals surface area contributed by atoms with Crippen LogP contribution in [0.3, 0.4) is 0 Å². The van der Waals surface area contributed by atoms with Crippen LogP contribution in [0.4, 0.5) is 4.39 Å². The molecule has 3 aliphatic rings. The van der Waals surface area contributed by atoms with Gasteiger partial charge in [0.25, 0.3) is 0 Å². The second-order valence-corrected chi connectivity index (χ2v) is 12.3. The third-order valence-corrected chi connectivity index (χ3v) is 9.48. The van der Waals surface area contributed by atoms with Crippen molar-refractivity contribution >= 4 is 5.97 Å². The summed E-state index contributed by atoms with van der Waals surface area (Å²) in [6, 6.07) is 12.6. The molecule has 4 heteroatoms. The highest BCUT2D eigenvalue weighted by atomic mass is 19.1. The van der Waals surface area contributed by atoms with Crippen LogP contribution in [0.1, 0.15) is 123 Å². The van der Waals surface area contributed by atoms with Gasteiger partial charge in [-0.3, -0.25) is 4.79 Å². The summed E-state index contributed by atoms with van der Waals surface area (Å²) in [5.41, 5.74) is 1.84. The Bertz CT molecular complexity index is 1020. The van der Waals surface area contributed by atoms with Gasteiger partial charge in [0.05, 0.1) is 12.0 Å². The Hall–Kier alpha value is -2.36. The van der Waals surface area contributed by atoms with E-state index >= 15 is 0 Å². The number of rotatable bonds is 16. The highest BCUT2D eigenvalue weighted by molar-refractivity contribution is 5.80. The number of carbonyl (C=O) groups is 1. The van der Waals surface area contributed by atoms with E-state index in [2.05, 4.69) is 13.8 Å². The zero-order chi connectivity index (χ0) is 27.6. The van der Waals surface area contributed by atoms with Crippen molar-refractivity contribution in [1.82, 2.24) is 0 Å². The predicted octanol–water partition coefficient (Wildman–Crippen LogP) is 10.4. The molecule has 0 saturated heterocycles. The summed E-state index contributed by atoms with van der Waals surface area (Å²) in [7, 11) is 0. The van der Waals surface area contributed by atoms with Crippen LogP contribution in [0, 0.1) is 16.6 Å². The van der Waals surface area contributed by atoms with Gasteiger partial charge in [-0.2, -0.15) is 0 Å². The molecule has 0 heterocycles. The number of ether oxygens (including phenoxy) is 2. The van der Waals surface area contributed by atoms with Gasteiger partial charge in [-0.05, 0) is 92.2 Å². The Labute approximate surface area is 235 Å². The quantitative estimate of drug-likeness (QED) is 0.122. The number of unbranched alkanes of at least 4 members (excludes halogenated alkanes) is 8. The maximum atomic E-state index is 14.7. The van der Waals surface area contributed by atoms with Crippen LogP contribution in [0.5, 0.6) is 11.5 Å². The lowest BCUT2D eigenvalue weighted by atomic mass is 9.52. The number of benzene rings is 2. The summed E-state index contributed by atoms with van der Waals surface area (Å²) >= 11 is 0. The molecule has 3 aliphatic carbocycles. The number of halogens is 1. The third kappa shape index (κ3) is 7.86. The molecular weight excluding hydrogens is 487 g/mol. The van der Waals surface area contributed by atoms with Gasteiger partial charge in [-0.25, -0.2) is 4.39 Å². The topological polar surface area (TPSA) is 35.5 Å². The monoisotopic (exact) mass is 536 g/mol. The van der Waals surface area contributed by atoms with Crippen LogP contribution in [0.2, 0.25) is 0 Å². The molecule has 5 rings (SSSR count). The molecule has 3 nitrogen and oxygen atoms in total. The van der Waals surface area contributed by atoms with Gasteiger partial charge in [0.1, 0.15) is 5.75 Å². The van der Waals surface area contributed by atoms with Gasteiger partial charge in [0.15, 0.2) is 11.6 Å². The molecule has 0 amide bonds. The third-order valence-electron chi connectivity index (χ3n) is 9.48. The first-order valence-corrected chi connectivity index (χ1v) is 15.7. The average molecular weight is 537 g/mol. The zero-order valence-corrected chi connectivity index (χ0v) is 24.4. The number of carbonyl (C=O) groups excluding carboxylic acids is 1. The lowest BCUT2D eigenvalue weighted by Crippen LogP contribution is -2.47. The summed E-state index contributed by atoms with van der Waals surface area (Å²) in [5, 5.41) is 0. The van der Waals surface area contributed by atoms with Crippen molar-refractivity contribution in [3.8, 4) is 22.6 Å². The van der Waals surface area contributed by atoms with Crippen LogP contribution < -0.4 is 9.47 Å². The van der Waals surface area contributed by atoms with E-state index in [0.717, 1.165) is 62.5 Å². The second kappa shape index (κ2) is 14.3. The van der Waals surface area contributed by atoms with E-state index in [0.29, 0.717) is 23.5 Å². The standard InChI is InChI=1S/C35H49FO3/c1-3-5-7-9-10-12-26-38-32-18-15-29(27-31(32)36)28-13-16-30(17-14-28)39-33(37)35-23-20-34(21-24-35,22-25-35)19-11-8-6-4-2/h13-18,27H,3-12,19-26H2,1-2H3. The van der Waals surface area contributed by atoms with Crippen LogP contribution in [0.25, 0.3) is 11.1 Å². The van der Waals surface area contributed by atoms with Crippen LogP contribution >= 0.6 is 0 Å². The smallest absolute Gasteiger partial charge is 0.317 e. The maximum absolute atomic E-state index is 14.7. The van der Waals surface area contributed by atoms with Crippen molar-refractivity contribution in [2.75, 3.05) is 6.61 Å². The van der Waals surface area contributed by atoms with E-state index in [9.17, 15) is 9.18 Å². The normalized spacial score (nSPS) is 22.1. The minimum Gasteiger partial charge on any atom is -0.491 e. The van der Waals surface area contributed by atoms with Crippen LogP contribution in [0.15, 0.2) is 42.5 Å². The largest absolute Gasteiger partial charge is 0.491 e. The molecule has 2 aromatic rings. The number of hydrogen-bond donors (Lipinski definition) is 0. The Balaban J connectivity index is 1.25. The molecule has 0 atom stereocenters. The molecule has 3 fully saturated rings. The van der Waals surface area contributed by atoms with Gasteiger partial charge < -0.3 is 9.47 Å². The Kier molecular flexibility index (Phi) is 10.9. The number of hydrogen-bond acceptors (Lipinski definition) is 3. The fourth-order valence-electron chi connectivity index (χ4n) is 6.66. The lowest BCUT2D eigenvalue weighted by Gasteiger charge is -2.52. The highest BCUT2D eigenvalue weighted by Crippen LogP contribution is 2.59. The minimum absolute atomic E-state index is 0.0626. The van der Waals surface area contributed by atoms with Gasteiger partial charge in [0.2, 0.25) is 0 Å². The van der Waals surface area contributed by atoms with Crippen LogP contribution in [-0.4, -0.2) is 12.6 Å². The average Bonchev–Trinajstić information content (AvgIpc) is 2.97. The van der Waals surface area contributed by atoms with Crippen LogP contribution in [-0.2, 0) is 4.79 Å². The van der Waals surface area contributed by atoms with Gasteiger partial charge in [0, 0.05) is 0 Å². The summed E-state index contributed by atoms with van der Waals surface area (Å²) in [6.07, 6.45) is 20.1. The summed E-state index contributed by atoms with van der Waals surface area (Å²) in [5.74, 6) is 0.470. The number of fused-ring (bicyclic) bond motifs is 3. The fraction of sp³-hybridized carbons (Fsp3) is 0.629.